The molecule has 1 amide bonds. The fraction of sp³-hybridized carbons (Fsp3) is 0.304. The van der Waals surface area contributed by atoms with Crippen molar-refractivity contribution in [3.63, 3.8) is 0 Å². The lowest BCUT2D eigenvalue weighted by Crippen LogP contribution is -2.31. The third-order valence-electron chi connectivity index (χ3n) is 5.40. The van der Waals surface area contributed by atoms with Crippen LogP contribution in [0.4, 0.5) is 4.39 Å². The largest absolute Gasteiger partial charge is 0.493 e. The highest BCUT2D eigenvalue weighted by Crippen LogP contribution is 2.40. The second-order valence-electron chi connectivity index (χ2n) is 7.18. The summed E-state index contributed by atoms with van der Waals surface area (Å²) >= 11 is 0. The summed E-state index contributed by atoms with van der Waals surface area (Å²) in [5.74, 6) is 0.0162. The fourth-order valence-corrected chi connectivity index (χ4v) is 3.97. The van der Waals surface area contributed by atoms with E-state index >= 15 is 0 Å². The van der Waals surface area contributed by atoms with Crippen LogP contribution >= 0.6 is 0 Å². The van der Waals surface area contributed by atoms with Crippen molar-refractivity contribution < 1.29 is 27.8 Å². The molecule has 0 fully saturated rings. The molecule has 7 nitrogen and oxygen atoms in total. The smallest absolute Gasteiger partial charge is 0.290 e. The van der Waals surface area contributed by atoms with E-state index in [-0.39, 0.29) is 22.3 Å². The van der Waals surface area contributed by atoms with Crippen molar-refractivity contribution in [2.24, 2.45) is 0 Å². The number of amides is 1. The van der Waals surface area contributed by atoms with Crippen LogP contribution in [0.5, 0.6) is 11.5 Å². The summed E-state index contributed by atoms with van der Waals surface area (Å²) in [7, 11) is 4.62. The van der Waals surface area contributed by atoms with Crippen LogP contribution in [-0.4, -0.2) is 45.3 Å². The van der Waals surface area contributed by atoms with Crippen molar-refractivity contribution in [1.82, 2.24) is 4.90 Å². The highest BCUT2D eigenvalue weighted by atomic mass is 19.1. The Kier molecular flexibility index (Phi) is 5.65. The highest BCUT2D eigenvalue weighted by Gasteiger charge is 2.42. The van der Waals surface area contributed by atoms with Gasteiger partial charge in [0.2, 0.25) is 5.76 Å². The van der Waals surface area contributed by atoms with Gasteiger partial charge < -0.3 is 23.5 Å². The molecule has 0 aliphatic carbocycles. The molecule has 2 heterocycles. The quantitative estimate of drug-likeness (QED) is 0.537. The van der Waals surface area contributed by atoms with Crippen LogP contribution in [0.25, 0.3) is 11.0 Å². The Balaban J connectivity index is 1.93. The number of carbonyl (C=O) groups excluding carboxylic acids is 1. The van der Waals surface area contributed by atoms with Crippen LogP contribution in [-0.2, 0) is 4.74 Å². The zero-order valence-electron chi connectivity index (χ0n) is 17.4. The van der Waals surface area contributed by atoms with Gasteiger partial charge in [-0.15, -0.1) is 0 Å². The Morgan fingerprint density at radius 3 is 2.52 bits per heavy atom. The molecule has 3 aromatic rings. The van der Waals surface area contributed by atoms with E-state index in [9.17, 15) is 14.0 Å². The Morgan fingerprint density at radius 1 is 1.03 bits per heavy atom. The van der Waals surface area contributed by atoms with Gasteiger partial charge in [0.15, 0.2) is 16.9 Å². The van der Waals surface area contributed by atoms with Crippen molar-refractivity contribution in [3.8, 4) is 11.5 Å². The Hall–Kier alpha value is -3.39. The number of hydrogen-bond donors (Lipinski definition) is 0. The molecule has 2 aromatic carbocycles. The molecule has 0 spiro atoms. The van der Waals surface area contributed by atoms with E-state index in [1.54, 1.807) is 30.2 Å². The maximum Gasteiger partial charge on any atom is 0.290 e. The van der Waals surface area contributed by atoms with Gasteiger partial charge in [-0.2, -0.15) is 0 Å². The van der Waals surface area contributed by atoms with E-state index in [1.165, 1.54) is 26.4 Å². The molecule has 0 saturated carbocycles. The molecule has 1 aromatic heterocycles. The second-order valence-corrected chi connectivity index (χ2v) is 7.18. The molecule has 8 heteroatoms. The number of hydrogen-bond acceptors (Lipinski definition) is 6. The molecule has 1 unspecified atom stereocenters. The first-order chi connectivity index (χ1) is 15.0. The van der Waals surface area contributed by atoms with E-state index in [0.29, 0.717) is 36.6 Å². The van der Waals surface area contributed by atoms with Crippen LogP contribution in [0.1, 0.15) is 34.1 Å². The van der Waals surface area contributed by atoms with Gasteiger partial charge in [-0.3, -0.25) is 9.59 Å². The van der Waals surface area contributed by atoms with Crippen LogP contribution in [0.15, 0.2) is 45.6 Å². The minimum Gasteiger partial charge on any atom is -0.493 e. The molecule has 0 bridgehead atoms. The first-order valence-electron chi connectivity index (χ1n) is 9.78. The molecule has 1 aliphatic heterocycles. The lowest BCUT2D eigenvalue weighted by molar-refractivity contribution is 0.0707. The van der Waals surface area contributed by atoms with Crippen LogP contribution in [0.2, 0.25) is 0 Å². The molecule has 0 N–H and O–H groups in total. The Morgan fingerprint density at radius 2 is 1.81 bits per heavy atom. The Bertz CT molecular complexity index is 1200. The van der Waals surface area contributed by atoms with Gasteiger partial charge in [-0.25, -0.2) is 4.39 Å². The van der Waals surface area contributed by atoms with Gasteiger partial charge in [-0.1, -0.05) is 6.07 Å². The topological polar surface area (TPSA) is 78.2 Å². The van der Waals surface area contributed by atoms with Crippen molar-refractivity contribution in [2.75, 3.05) is 34.5 Å². The molecule has 31 heavy (non-hydrogen) atoms. The van der Waals surface area contributed by atoms with Gasteiger partial charge in [-0.05, 0) is 42.3 Å². The zero-order chi connectivity index (χ0) is 22.1. The average molecular weight is 427 g/mol. The first-order valence-corrected chi connectivity index (χ1v) is 9.78. The average Bonchev–Trinajstić information content (AvgIpc) is 3.06. The third-order valence-corrected chi connectivity index (χ3v) is 5.40. The molecular formula is C23H22FNO6. The number of methoxy groups -OCH3 is 3. The predicted molar refractivity (Wildman–Crippen MR) is 111 cm³/mol. The van der Waals surface area contributed by atoms with Crippen LogP contribution < -0.4 is 14.9 Å². The minimum absolute atomic E-state index is 0.0266. The van der Waals surface area contributed by atoms with Crippen molar-refractivity contribution in [1.29, 1.82) is 0 Å². The van der Waals surface area contributed by atoms with Gasteiger partial charge in [0.05, 0.1) is 31.2 Å². The summed E-state index contributed by atoms with van der Waals surface area (Å²) in [5, 5.41) is 0.0933. The number of halogens is 1. The standard InChI is InChI=1S/C23H22FNO6/c1-28-10-4-9-25-20(13-5-7-17(29-2)18(11-13)30-3)19-21(26)15-12-14(24)6-8-16(15)31-22(19)23(25)27/h5-8,11-12,20H,4,9-10H2,1-3H3. The number of ether oxygens (including phenoxy) is 3. The van der Waals surface area contributed by atoms with Crippen LogP contribution in [0.3, 0.4) is 0 Å². The van der Waals surface area contributed by atoms with E-state index in [0.717, 1.165) is 6.07 Å². The summed E-state index contributed by atoms with van der Waals surface area (Å²) in [4.78, 5) is 28.2. The number of carbonyl (C=O) groups is 1. The van der Waals surface area contributed by atoms with Crippen LogP contribution in [0, 0.1) is 5.82 Å². The zero-order valence-corrected chi connectivity index (χ0v) is 17.4. The van der Waals surface area contributed by atoms with Crippen molar-refractivity contribution >= 4 is 16.9 Å². The normalized spacial score (nSPS) is 15.4. The second kappa shape index (κ2) is 8.39. The summed E-state index contributed by atoms with van der Waals surface area (Å²) in [6.45, 7) is 0.799. The van der Waals surface area contributed by atoms with Gasteiger partial charge in [0.1, 0.15) is 11.4 Å². The summed E-state index contributed by atoms with van der Waals surface area (Å²) in [6.07, 6.45) is 0.572. The van der Waals surface area contributed by atoms with E-state index < -0.39 is 23.2 Å². The van der Waals surface area contributed by atoms with Crippen molar-refractivity contribution in [3.05, 3.63) is 69.3 Å². The monoisotopic (exact) mass is 427 g/mol. The molecule has 1 atom stereocenters. The van der Waals surface area contributed by atoms with Gasteiger partial charge >= 0.3 is 0 Å². The fourth-order valence-electron chi connectivity index (χ4n) is 3.97. The highest BCUT2D eigenvalue weighted by molar-refractivity contribution is 5.99. The summed E-state index contributed by atoms with van der Waals surface area (Å²) < 4.78 is 35.4. The first kappa shape index (κ1) is 20.9. The summed E-state index contributed by atoms with van der Waals surface area (Å²) in [6, 6.07) is 8.19. The van der Waals surface area contributed by atoms with E-state index in [4.69, 9.17) is 18.6 Å². The number of benzene rings is 2. The number of rotatable bonds is 7. The lowest BCUT2D eigenvalue weighted by Gasteiger charge is -2.25. The summed E-state index contributed by atoms with van der Waals surface area (Å²) in [5.41, 5.74) is 0.583. The lowest BCUT2D eigenvalue weighted by atomic mass is 9.98. The third kappa shape index (κ3) is 3.53. The predicted octanol–water partition coefficient (Wildman–Crippen LogP) is 3.53. The van der Waals surface area contributed by atoms with Crippen molar-refractivity contribution in [2.45, 2.75) is 12.5 Å². The maximum absolute atomic E-state index is 13.8. The number of nitrogens with zero attached hydrogens (tertiary/aromatic N) is 1. The minimum atomic E-state index is -0.705. The molecule has 1 aliphatic rings. The molecule has 0 radical (unpaired) electrons. The molecule has 0 saturated heterocycles. The van der Waals surface area contributed by atoms with E-state index in [2.05, 4.69) is 0 Å². The SMILES string of the molecule is COCCCN1C(=O)c2oc3ccc(F)cc3c(=O)c2C1c1ccc(OC)c(OC)c1. The van der Waals surface area contributed by atoms with E-state index in [1.807, 2.05) is 0 Å². The number of fused-ring (bicyclic) bond motifs is 2. The van der Waals surface area contributed by atoms with Gasteiger partial charge in [0.25, 0.3) is 5.91 Å². The Labute approximate surface area is 177 Å². The molecule has 162 valence electrons. The van der Waals surface area contributed by atoms with Gasteiger partial charge in [0, 0.05) is 20.3 Å². The maximum atomic E-state index is 13.8. The molecular weight excluding hydrogens is 405 g/mol. The molecule has 4 rings (SSSR count).